The number of pyridine rings is 1. The number of Topliss-reactive ketones (excluding diaryl/α,β-unsaturated/α-hetero) is 1. The summed E-state index contributed by atoms with van der Waals surface area (Å²) in [6.07, 6.45) is 2.50. The molecule has 0 amide bonds. The molecule has 0 aliphatic carbocycles. The maximum atomic E-state index is 12.3. The molecule has 0 saturated heterocycles. The highest BCUT2D eigenvalue weighted by molar-refractivity contribution is 6.07. The Morgan fingerprint density at radius 2 is 1.91 bits per heavy atom. The lowest BCUT2D eigenvalue weighted by Crippen LogP contribution is -2.13. The van der Waals surface area contributed by atoms with Crippen LogP contribution >= 0.6 is 0 Å². The first-order valence-electron chi connectivity index (χ1n) is 6.85. The standard InChI is InChI=1S/C17H14N2O3/c1-12(20)15-10-19(16-14(15)8-5-9-18-16)17(21)22-11-13-6-3-2-4-7-13/h2-10H,11H2,1H3. The lowest BCUT2D eigenvalue weighted by Gasteiger charge is -2.05. The van der Waals surface area contributed by atoms with Crippen molar-refractivity contribution in [2.45, 2.75) is 13.5 Å². The average molecular weight is 294 g/mol. The van der Waals surface area contributed by atoms with E-state index in [9.17, 15) is 9.59 Å². The van der Waals surface area contributed by atoms with E-state index in [1.165, 1.54) is 17.7 Å². The van der Waals surface area contributed by atoms with Gasteiger partial charge < -0.3 is 4.74 Å². The fourth-order valence-corrected chi connectivity index (χ4v) is 2.27. The molecule has 3 aromatic rings. The minimum Gasteiger partial charge on any atom is -0.444 e. The van der Waals surface area contributed by atoms with Crippen molar-refractivity contribution < 1.29 is 14.3 Å². The molecule has 2 heterocycles. The van der Waals surface area contributed by atoms with E-state index in [2.05, 4.69) is 4.98 Å². The molecule has 0 spiro atoms. The number of ether oxygens (including phenoxy) is 1. The van der Waals surface area contributed by atoms with Gasteiger partial charge in [0.1, 0.15) is 12.3 Å². The molecule has 0 unspecified atom stereocenters. The second kappa shape index (κ2) is 5.81. The van der Waals surface area contributed by atoms with Crippen molar-refractivity contribution in [2.75, 3.05) is 0 Å². The van der Waals surface area contributed by atoms with Gasteiger partial charge in [0.15, 0.2) is 5.78 Å². The Kier molecular flexibility index (Phi) is 3.70. The van der Waals surface area contributed by atoms with Crippen LogP contribution in [0, 0.1) is 0 Å². The van der Waals surface area contributed by atoms with Crippen LogP contribution in [0.15, 0.2) is 54.9 Å². The summed E-state index contributed by atoms with van der Waals surface area (Å²) >= 11 is 0. The third-order valence-corrected chi connectivity index (χ3v) is 3.34. The zero-order chi connectivity index (χ0) is 15.5. The molecule has 0 bridgehead atoms. The highest BCUT2D eigenvalue weighted by atomic mass is 16.5. The summed E-state index contributed by atoms with van der Waals surface area (Å²) in [5, 5.41) is 0.645. The Morgan fingerprint density at radius 1 is 1.14 bits per heavy atom. The molecule has 110 valence electrons. The van der Waals surface area contributed by atoms with Gasteiger partial charge in [0.25, 0.3) is 0 Å². The number of hydrogen-bond donors (Lipinski definition) is 0. The minimum atomic E-state index is -0.556. The van der Waals surface area contributed by atoms with Crippen molar-refractivity contribution in [1.29, 1.82) is 0 Å². The zero-order valence-corrected chi connectivity index (χ0v) is 12.0. The van der Waals surface area contributed by atoms with Crippen molar-refractivity contribution in [3.8, 4) is 0 Å². The van der Waals surface area contributed by atoms with E-state index < -0.39 is 6.09 Å². The van der Waals surface area contributed by atoms with Crippen LogP contribution in [0.1, 0.15) is 22.8 Å². The van der Waals surface area contributed by atoms with Gasteiger partial charge in [-0.15, -0.1) is 0 Å². The predicted octanol–water partition coefficient (Wildman–Crippen LogP) is 3.42. The zero-order valence-electron chi connectivity index (χ0n) is 12.0. The van der Waals surface area contributed by atoms with Crippen LogP contribution in [-0.2, 0) is 11.3 Å². The molecule has 22 heavy (non-hydrogen) atoms. The maximum Gasteiger partial charge on any atom is 0.420 e. The first kappa shape index (κ1) is 14.0. The van der Waals surface area contributed by atoms with Crippen molar-refractivity contribution in [1.82, 2.24) is 9.55 Å². The molecular weight excluding hydrogens is 280 g/mol. The molecule has 2 aromatic heterocycles. The first-order valence-corrected chi connectivity index (χ1v) is 6.85. The second-order valence-electron chi connectivity index (χ2n) is 4.88. The lowest BCUT2D eigenvalue weighted by molar-refractivity contribution is 0.101. The fraction of sp³-hybridized carbons (Fsp3) is 0.118. The van der Waals surface area contributed by atoms with Gasteiger partial charge in [-0.2, -0.15) is 0 Å². The van der Waals surface area contributed by atoms with Crippen LogP contribution in [0.4, 0.5) is 4.79 Å². The van der Waals surface area contributed by atoms with E-state index in [0.717, 1.165) is 5.56 Å². The molecule has 0 aliphatic rings. The number of hydrogen-bond acceptors (Lipinski definition) is 4. The lowest BCUT2D eigenvalue weighted by atomic mass is 10.2. The Balaban J connectivity index is 1.89. The van der Waals surface area contributed by atoms with Gasteiger partial charge >= 0.3 is 6.09 Å². The van der Waals surface area contributed by atoms with Gasteiger partial charge in [0.2, 0.25) is 0 Å². The highest BCUT2D eigenvalue weighted by Crippen LogP contribution is 2.20. The Labute approximate surface area is 127 Å². The molecule has 0 radical (unpaired) electrons. The normalized spacial score (nSPS) is 10.6. The number of ketones is 1. The molecular formula is C17H14N2O3. The van der Waals surface area contributed by atoms with Crippen molar-refractivity contribution in [2.24, 2.45) is 0 Å². The van der Waals surface area contributed by atoms with Crippen molar-refractivity contribution in [3.05, 3.63) is 66.0 Å². The largest absolute Gasteiger partial charge is 0.444 e. The predicted molar refractivity (Wildman–Crippen MR) is 81.8 cm³/mol. The summed E-state index contributed by atoms with van der Waals surface area (Å²) in [6.45, 7) is 1.63. The van der Waals surface area contributed by atoms with Gasteiger partial charge in [0, 0.05) is 23.3 Å². The summed E-state index contributed by atoms with van der Waals surface area (Å²) in [4.78, 5) is 28.1. The van der Waals surface area contributed by atoms with E-state index in [1.54, 1.807) is 18.3 Å². The summed E-state index contributed by atoms with van der Waals surface area (Å²) in [5.41, 5.74) is 1.78. The van der Waals surface area contributed by atoms with E-state index in [-0.39, 0.29) is 12.4 Å². The molecule has 0 N–H and O–H groups in total. The number of benzene rings is 1. The average Bonchev–Trinajstić information content (AvgIpc) is 2.93. The van der Waals surface area contributed by atoms with Crippen LogP contribution in [0.3, 0.4) is 0 Å². The molecule has 0 fully saturated rings. The van der Waals surface area contributed by atoms with Crippen LogP contribution in [-0.4, -0.2) is 21.4 Å². The Bertz CT molecular complexity index is 837. The SMILES string of the molecule is CC(=O)c1cn(C(=O)OCc2ccccc2)c2ncccc12. The first-order chi connectivity index (χ1) is 10.7. The van der Waals surface area contributed by atoms with Crippen LogP contribution < -0.4 is 0 Å². The molecule has 0 atom stereocenters. The van der Waals surface area contributed by atoms with E-state index in [1.807, 2.05) is 30.3 Å². The topological polar surface area (TPSA) is 61.2 Å². The Morgan fingerprint density at radius 3 is 2.64 bits per heavy atom. The van der Waals surface area contributed by atoms with E-state index in [4.69, 9.17) is 4.74 Å². The third kappa shape index (κ3) is 2.61. The van der Waals surface area contributed by atoms with E-state index >= 15 is 0 Å². The number of nitrogens with zero attached hydrogens (tertiary/aromatic N) is 2. The molecule has 0 saturated carbocycles. The molecule has 3 rings (SSSR count). The summed E-state index contributed by atoms with van der Waals surface area (Å²) in [5.74, 6) is -0.118. The number of fused-ring (bicyclic) bond motifs is 1. The summed E-state index contributed by atoms with van der Waals surface area (Å²) < 4.78 is 6.56. The summed E-state index contributed by atoms with van der Waals surface area (Å²) in [7, 11) is 0. The molecule has 5 heteroatoms. The van der Waals surface area contributed by atoms with Crippen LogP contribution in [0.25, 0.3) is 11.0 Å². The number of aromatic nitrogens is 2. The number of carbonyl (C=O) groups is 2. The molecule has 1 aromatic carbocycles. The van der Waals surface area contributed by atoms with Crippen LogP contribution in [0.2, 0.25) is 0 Å². The van der Waals surface area contributed by atoms with Crippen LogP contribution in [0.5, 0.6) is 0 Å². The molecule has 5 nitrogen and oxygen atoms in total. The minimum absolute atomic E-state index is 0.118. The molecule has 0 aliphatic heterocycles. The summed E-state index contributed by atoms with van der Waals surface area (Å²) in [6, 6.07) is 12.9. The quantitative estimate of drug-likeness (QED) is 0.694. The smallest absolute Gasteiger partial charge is 0.420 e. The van der Waals surface area contributed by atoms with Gasteiger partial charge in [-0.05, 0) is 24.6 Å². The Hall–Kier alpha value is -2.95. The van der Waals surface area contributed by atoms with Gasteiger partial charge in [0.05, 0.1) is 0 Å². The van der Waals surface area contributed by atoms with Gasteiger partial charge in [-0.1, -0.05) is 30.3 Å². The second-order valence-corrected chi connectivity index (χ2v) is 4.88. The third-order valence-electron chi connectivity index (χ3n) is 3.34. The number of carbonyl (C=O) groups excluding carboxylic acids is 2. The monoisotopic (exact) mass is 294 g/mol. The maximum absolute atomic E-state index is 12.3. The van der Waals surface area contributed by atoms with Crippen molar-refractivity contribution >= 4 is 22.9 Å². The number of rotatable bonds is 3. The highest BCUT2D eigenvalue weighted by Gasteiger charge is 2.17. The van der Waals surface area contributed by atoms with Gasteiger partial charge in [-0.25, -0.2) is 14.3 Å². The van der Waals surface area contributed by atoms with Gasteiger partial charge in [-0.3, -0.25) is 4.79 Å². The van der Waals surface area contributed by atoms with E-state index in [0.29, 0.717) is 16.6 Å². The fourth-order valence-electron chi connectivity index (χ4n) is 2.27. The van der Waals surface area contributed by atoms with Crippen molar-refractivity contribution in [3.63, 3.8) is 0 Å².